The predicted octanol–water partition coefficient (Wildman–Crippen LogP) is 2.64. The molecule has 13 heavy (non-hydrogen) atoms. The van der Waals surface area contributed by atoms with Gasteiger partial charge in [-0.15, -0.1) is 24.0 Å². The summed E-state index contributed by atoms with van der Waals surface area (Å²) in [4.78, 5) is 0. The van der Waals surface area contributed by atoms with Gasteiger partial charge in [0, 0.05) is 15.8 Å². The Bertz CT molecular complexity index is 508. The van der Waals surface area contributed by atoms with Crippen molar-refractivity contribution in [3.63, 3.8) is 0 Å². The van der Waals surface area contributed by atoms with Crippen LogP contribution < -0.4 is 5.73 Å². The molecule has 1 heterocycles. The lowest BCUT2D eigenvalue weighted by Gasteiger charge is -1.95. The Morgan fingerprint density at radius 1 is 1.38 bits per heavy atom. The van der Waals surface area contributed by atoms with Crippen LogP contribution in [0.15, 0.2) is 22.4 Å². The maximum atomic E-state index is 8.84. The molecule has 0 spiro atoms. The van der Waals surface area contributed by atoms with Gasteiger partial charge >= 0.3 is 0 Å². The zero-order valence-corrected chi connectivity index (χ0v) is 8.32. The van der Waals surface area contributed by atoms with Gasteiger partial charge in [0.2, 0.25) is 0 Å². The fraction of sp³-hybridized carbons (Fsp3) is 0. The number of benzene rings is 1. The van der Waals surface area contributed by atoms with Gasteiger partial charge in [0.05, 0.1) is 15.8 Å². The monoisotopic (exact) mass is 206 g/mol. The molecule has 2 rings (SSSR count). The summed E-state index contributed by atoms with van der Waals surface area (Å²) in [5.41, 5.74) is 6.88. The van der Waals surface area contributed by atoms with Crippen LogP contribution in [-0.2, 0) is 0 Å². The molecular formula is C9H6N2S2. The van der Waals surface area contributed by atoms with Crippen LogP contribution in [0.3, 0.4) is 0 Å². The largest absolute Gasteiger partial charge is 0.399 e. The molecule has 0 unspecified atom stereocenters. The minimum absolute atomic E-state index is 0.617. The third-order valence-electron chi connectivity index (χ3n) is 1.77. The van der Waals surface area contributed by atoms with E-state index in [1.807, 2.05) is 12.1 Å². The highest BCUT2D eigenvalue weighted by atomic mass is 32.2. The van der Waals surface area contributed by atoms with E-state index in [1.54, 1.807) is 6.07 Å². The topological polar surface area (TPSA) is 49.8 Å². The van der Waals surface area contributed by atoms with Crippen molar-refractivity contribution in [3.8, 4) is 6.07 Å². The highest BCUT2D eigenvalue weighted by Gasteiger charge is 2.05. The van der Waals surface area contributed by atoms with Crippen molar-refractivity contribution in [2.45, 2.75) is 4.21 Å². The van der Waals surface area contributed by atoms with Gasteiger partial charge in [0.25, 0.3) is 0 Å². The fourth-order valence-corrected chi connectivity index (χ4v) is 2.54. The number of nitriles is 1. The van der Waals surface area contributed by atoms with E-state index < -0.39 is 0 Å². The maximum Gasteiger partial charge on any atom is 0.0999 e. The summed E-state index contributed by atoms with van der Waals surface area (Å²) < 4.78 is 1.92. The Kier molecular flexibility index (Phi) is 1.91. The van der Waals surface area contributed by atoms with E-state index in [0.29, 0.717) is 11.3 Å². The minimum atomic E-state index is 0.617. The molecule has 0 saturated heterocycles. The van der Waals surface area contributed by atoms with Crippen molar-refractivity contribution in [2.75, 3.05) is 5.73 Å². The second kappa shape index (κ2) is 2.95. The van der Waals surface area contributed by atoms with Crippen LogP contribution in [0.1, 0.15) is 5.56 Å². The molecule has 0 amide bonds. The number of hydrogen-bond donors (Lipinski definition) is 2. The number of thiophene rings is 1. The molecule has 4 heteroatoms. The van der Waals surface area contributed by atoms with Crippen molar-refractivity contribution in [1.82, 2.24) is 0 Å². The highest BCUT2D eigenvalue weighted by molar-refractivity contribution is 7.83. The fourth-order valence-electron chi connectivity index (χ4n) is 1.24. The van der Waals surface area contributed by atoms with E-state index in [4.69, 9.17) is 11.0 Å². The predicted molar refractivity (Wildman–Crippen MR) is 58.2 cm³/mol. The molecule has 0 saturated carbocycles. The second-order valence-electron chi connectivity index (χ2n) is 2.68. The van der Waals surface area contributed by atoms with E-state index in [-0.39, 0.29) is 0 Å². The summed E-state index contributed by atoms with van der Waals surface area (Å²) in [6.45, 7) is 0. The number of hydrogen-bond acceptors (Lipinski definition) is 4. The van der Waals surface area contributed by atoms with Crippen LogP contribution in [0.4, 0.5) is 5.69 Å². The van der Waals surface area contributed by atoms with Gasteiger partial charge in [0.1, 0.15) is 0 Å². The molecule has 2 aromatic rings. The van der Waals surface area contributed by atoms with Crippen LogP contribution >= 0.6 is 24.0 Å². The van der Waals surface area contributed by atoms with Crippen LogP contribution in [0.25, 0.3) is 10.1 Å². The first-order valence-corrected chi connectivity index (χ1v) is 4.89. The number of fused-ring (bicyclic) bond motifs is 1. The van der Waals surface area contributed by atoms with Crippen LogP contribution in [-0.4, -0.2) is 0 Å². The maximum absolute atomic E-state index is 8.84. The average molecular weight is 206 g/mol. The van der Waals surface area contributed by atoms with Gasteiger partial charge in [-0.3, -0.25) is 0 Å². The molecular weight excluding hydrogens is 200 g/mol. The molecule has 0 aliphatic heterocycles. The lowest BCUT2D eigenvalue weighted by molar-refractivity contribution is 1.50. The molecule has 0 aliphatic rings. The molecule has 0 fully saturated rings. The van der Waals surface area contributed by atoms with Gasteiger partial charge < -0.3 is 5.73 Å². The van der Waals surface area contributed by atoms with Gasteiger partial charge in [-0.1, -0.05) is 0 Å². The van der Waals surface area contributed by atoms with Crippen molar-refractivity contribution in [3.05, 3.63) is 23.8 Å². The highest BCUT2D eigenvalue weighted by Crippen LogP contribution is 2.31. The molecule has 1 aromatic carbocycles. The van der Waals surface area contributed by atoms with Crippen LogP contribution in [0.2, 0.25) is 0 Å². The number of nitrogens with two attached hydrogens (primary N) is 1. The Labute approximate surface area is 85.0 Å². The molecule has 2 nitrogen and oxygen atoms in total. The Hall–Kier alpha value is -1.18. The first-order chi connectivity index (χ1) is 6.20. The average Bonchev–Trinajstić information content (AvgIpc) is 2.43. The quantitative estimate of drug-likeness (QED) is 0.514. The van der Waals surface area contributed by atoms with Crippen molar-refractivity contribution in [1.29, 1.82) is 5.26 Å². The number of nitrogens with zero attached hydrogens (tertiary/aromatic N) is 1. The lowest BCUT2D eigenvalue weighted by Crippen LogP contribution is -1.85. The van der Waals surface area contributed by atoms with Crippen LogP contribution in [0.5, 0.6) is 0 Å². The standard InChI is InChI=1S/C9H6N2S2/c10-4-5-1-6(11)2-8-7(5)3-9(12)13-8/h1-3,12H,11H2. The van der Waals surface area contributed by atoms with E-state index >= 15 is 0 Å². The first-order valence-electron chi connectivity index (χ1n) is 3.63. The van der Waals surface area contributed by atoms with E-state index in [2.05, 4.69) is 18.7 Å². The zero-order chi connectivity index (χ0) is 9.42. The van der Waals surface area contributed by atoms with E-state index in [9.17, 15) is 0 Å². The summed E-state index contributed by atoms with van der Waals surface area (Å²) in [6.07, 6.45) is 0. The number of nitrogen functional groups attached to an aromatic ring is 1. The van der Waals surface area contributed by atoms with Crippen molar-refractivity contribution in [2.24, 2.45) is 0 Å². The summed E-state index contributed by atoms with van der Waals surface area (Å²) in [7, 11) is 0. The number of anilines is 1. The molecule has 0 bridgehead atoms. The van der Waals surface area contributed by atoms with Crippen molar-refractivity contribution < 1.29 is 0 Å². The van der Waals surface area contributed by atoms with Crippen LogP contribution in [0, 0.1) is 11.3 Å². The zero-order valence-electron chi connectivity index (χ0n) is 6.61. The van der Waals surface area contributed by atoms with E-state index in [1.165, 1.54) is 11.3 Å². The smallest absolute Gasteiger partial charge is 0.0999 e. The molecule has 1 aromatic heterocycles. The lowest BCUT2D eigenvalue weighted by atomic mass is 10.1. The minimum Gasteiger partial charge on any atom is -0.399 e. The number of thiol groups is 1. The second-order valence-corrected chi connectivity index (χ2v) is 4.54. The van der Waals surface area contributed by atoms with Gasteiger partial charge in [0.15, 0.2) is 0 Å². The molecule has 2 N–H and O–H groups in total. The molecule has 0 aliphatic carbocycles. The Morgan fingerprint density at radius 2 is 2.15 bits per heavy atom. The van der Waals surface area contributed by atoms with Gasteiger partial charge in [-0.2, -0.15) is 5.26 Å². The van der Waals surface area contributed by atoms with Gasteiger partial charge in [-0.05, 0) is 18.2 Å². The summed E-state index contributed by atoms with van der Waals surface area (Å²) in [5, 5.41) is 9.78. The summed E-state index contributed by atoms with van der Waals surface area (Å²) >= 11 is 5.76. The Morgan fingerprint density at radius 3 is 2.85 bits per heavy atom. The SMILES string of the molecule is N#Cc1cc(N)cc2sc(S)cc12. The third-order valence-corrected chi connectivity index (χ3v) is 3.05. The summed E-state index contributed by atoms with van der Waals surface area (Å²) in [5.74, 6) is 0. The molecule has 64 valence electrons. The Balaban J connectivity index is 2.90. The number of rotatable bonds is 0. The van der Waals surface area contributed by atoms with Crippen molar-refractivity contribution >= 4 is 39.7 Å². The molecule has 0 atom stereocenters. The first kappa shape index (κ1) is 8.42. The molecule has 0 radical (unpaired) electrons. The summed E-state index contributed by atoms with van der Waals surface area (Å²) in [6, 6.07) is 7.55. The van der Waals surface area contributed by atoms with E-state index in [0.717, 1.165) is 14.3 Å². The third kappa shape index (κ3) is 1.37. The normalized spacial score (nSPS) is 10.2. The van der Waals surface area contributed by atoms with Gasteiger partial charge in [-0.25, -0.2) is 0 Å².